The summed E-state index contributed by atoms with van der Waals surface area (Å²) in [7, 11) is 0. The highest BCUT2D eigenvalue weighted by atomic mass is 14.9. The van der Waals surface area contributed by atoms with Crippen LogP contribution in [0.5, 0.6) is 0 Å². The molecule has 2 heterocycles. The third-order valence-corrected chi connectivity index (χ3v) is 29.3. The maximum Gasteiger partial charge on any atom is 0.0979 e. The van der Waals surface area contributed by atoms with Crippen molar-refractivity contribution in [3.05, 3.63) is 534 Å². The van der Waals surface area contributed by atoms with Gasteiger partial charge in [-0.2, -0.15) is 0 Å². The minimum Gasteiger partial charge on any atom is -0.243 e. The summed E-state index contributed by atoms with van der Waals surface area (Å²) in [6.45, 7) is 0. The fourth-order valence-corrected chi connectivity index (χ4v) is 22.5. The second-order valence-corrected chi connectivity index (χ2v) is 37.5. The number of hydrogen-bond donors (Lipinski definition) is 0. The number of aromatic nitrogens is 4. The summed E-state index contributed by atoms with van der Waals surface area (Å²) in [4.78, 5) is 23.6. The van der Waals surface area contributed by atoms with Crippen molar-refractivity contribution in [1.82, 2.24) is 19.9 Å². The monoisotopic (exact) mass is 1820 g/mol. The van der Waals surface area contributed by atoms with Gasteiger partial charge in [-0.25, -0.2) is 19.9 Å². The summed E-state index contributed by atoms with van der Waals surface area (Å²) in [5.74, 6) is 0. The summed E-state index contributed by atoms with van der Waals surface area (Å²) < 4.78 is 0. The van der Waals surface area contributed by atoms with E-state index >= 15 is 0 Å². The highest BCUT2D eigenvalue weighted by molar-refractivity contribution is 6.19. The van der Waals surface area contributed by atoms with Crippen LogP contribution in [-0.2, 0) is 0 Å². The van der Waals surface area contributed by atoms with Crippen LogP contribution in [-0.4, -0.2) is 19.9 Å². The molecular formula is C140H88N4. The van der Waals surface area contributed by atoms with Crippen LogP contribution in [0.4, 0.5) is 0 Å². The molecule has 0 saturated carbocycles. The molecule has 0 atom stereocenters. The highest BCUT2D eigenvalue weighted by Crippen LogP contribution is 2.50. The first-order valence-electron chi connectivity index (χ1n) is 49.4. The molecule has 26 aromatic carbocycles. The lowest BCUT2D eigenvalue weighted by Crippen LogP contribution is -2.00. The first-order valence-corrected chi connectivity index (χ1v) is 49.4. The quantitative estimate of drug-likeness (QED) is 0.102. The maximum atomic E-state index is 5.92. The van der Waals surface area contributed by atoms with E-state index in [0.717, 1.165) is 156 Å². The molecule has 0 fully saturated rings. The van der Waals surface area contributed by atoms with Crippen LogP contribution in [0.15, 0.2) is 534 Å². The minimum atomic E-state index is 0.821. The number of fused-ring (bicyclic) bond motifs is 12. The molecule has 0 aliphatic carbocycles. The second-order valence-electron chi connectivity index (χ2n) is 37.5. The smallest absolute Gasteiger partial charge is 0.0979 e. The van der Waals surface area contributed by atoms with Crippen molar-refractivity contribution in [1.29, 1.82) is 0 Å². The van der Waals surface area contributed by atoms with Gasteiger partial charge in [0.1, 0.15) is 0 Å². The molecule has 2 aromatic heterocycles. The van der Waals surface area contributed by atoms with Gasteiger partial charge >= 0.3 is 0 Å². The molecule has 0 aliphatic rings. The van der Waals surface area contributed by atoms with E-state index in [9.17, 15) is 0 Å². The average molecular weight is 1830 g/mol. The zero-order chi connectivity index (χ0) is 95.1. The van der Waals surface area contributed by atoms with E-state index < -0.39 is 0 Å². The van der Waals surface area contributed by atoms with Crippen molar-refractivity contribution in [3.63, 3.8) is 0 Å². The lowest BCUT2D eigenvalue weighted by atomic mass is 9.89. The molecule has 28 rings (SSSR count). The Balaban J connectivity index is 0.000000144. The Hall–Kier alpha value is -19.0. The van der Waals surface area contributed by atoms with E-state index in [-0.39, 0.29) is 0 Å². The first-order chi connectivity index (χ1) is 71.4. The number of benzene rings is 26. The van der Waals surface area contributed by atoms with E-state index in [1.54, 1.807) is 0 Å². The van der Waals surface area contributed by atoms with Crippen LogP contribution >= 0.6 is 0 Å². The molecule has 668 valence electrons. The van der Waals surface area contributed by atoms with Gasteiger partial charge in [0.2, 0.25) is 0 Å². The lowest BCUT2D eigenvalue weighted by Gasteiger charge is -2.19. The first kappa shape index (κ1) is 84.3. The molecule has 0 N–H and O–H groups in total. The van der Waals surface area contributed by atoms with Crippen molar-refractivity contribution >= 4 is 130 Å². The third-order valence-electron chi connectivity index (χ3n) is 29.3. The summed E-state index contributed by atoms with van der Waals surface area (Å²) in [6.07, 6.45) is 0. The molecule has 4 heteroatoms. The standard InChI is InChI=1S/C72H46N2.C68H42N2/c1-3-19-47(20-4-1)57-27-15-17-33-63(57)65-43-44-66(64-34-18-16-28-58(64)48-21-5-2-6-22-48)72-71(65)73-69(51-39-35-49(36-40-51)67-59-29-11-7-23-53(59)45-54-24-8-12-30-60(54)67)70(74-72)52-41-37-50(38-42-52)68-61-31-13-9-25-55(61)46-56-26-10-14-32-62(56)68;1-7-23-53-43(15-1)21-13-29-59(53)61-39-40-62(60-30-14-22-44-16-2-8-24-54(44)60)68-67(61)69-65(47-35-31-45(32-36-47)63-55-25-9-3-17-49(55)41-50-18-4-10-26-56(50)63)66(70-68)48-37-33-46(34-38-48)64-57-27-11-5-19-51(57)42-52-20-6-12-28-58(52)64/h1-46H;1-42H. The lowest BCUT2D eigenvalue weighted by molar-refractivity contribution is 1.29. The van der Waals surface area contributed by atoms with E-state index in [1.165, 1.54) is 130 Å². The van der Waals surface area contributed by atoms with Crippen LogP contribution in [0.25, 0.3) is 286 Å². The van der Waals surface area contributed by atoms with Crippen molar-refractivity contribution in [2.75, 3.05) is 0 Å². The van der Waals surface area contributed by atoms with E-state index in [2.05, 4.69) is 534 Å². The Kier molecular flexibility index (Phi) is 20.9. The maximum absolute atomic E-state index is 5.92. The third kappa shape index (κ3) is 14.9. The van der Waals surface area contributed by atoms with Gasteiger partial charge in [-0.15, -0.1) is 0 Å². The second kappa shape index (κ2) is 35.8. The molecule has 0 saturated heterocycles. The van der Waals surface area contributed by atoms with Gasteiger partial charge in [0.15, 0.2) is 0 Å². The van der Waals surface area contributed by atoms with Gasteiger partial charge in [0.05, 0.1) is 44.8 Å². The number of hydrogen-bond acceptors (Lipinski definition) is 4. The van der Waals surface area contributed by atoms with Gasteiger partial charge in [0.25, 0.3) is 0 Å². The molecule has 0 spiro atoms. The topological polar surface area (TPSA) is 51.6 Å². The summed E-state index contributed by atoms with van der Waals surface area (Å²) >= 11 is 0. The Morgan fingerprint density at radius 2 is 0.271 bits per heavy atom. The minimum absolute atomic E-state index is 0.821. The van der Waals surface area contributed by atoms with Crippen LogP contribution in [0.2, 0.25) is 0 Å². The Morgan fingerprint density at radius 3 is 0.514 bits per heavy atom. The number of nitrogens with zero attached hydrogens (tertiary/aromatic N) is 4. The fourth-order valence-electron chi connectivity index (χ4n) is 22.5. The van der Waals surface area contributed by atoms with E-state index in [4.69, 9.17) is 19.9 Å². The molecule has 4 nitrogen and oxygen atoms in total. The summed E-state index contributed by atoms with van der Waals surface area (Å²) in [6, 6.07) is 193. The molecule has 0 bridgehead atoms. The van der Waals surface area contributed by atoms with E-state index in [0.29, 0.717) is 0 Å². The summed E-state index contributed by atoms with van der Waals surface area (Å²) in [5, 5.41) is 24.4. The van der Waals surface area contributed by atoms with Crippen LogP contribution in [0.3, 0.4) is 0 Å². The molecule has 0 amide bonds. The van der Waals surface area contributed by atoms with Crippen molar-refractivity contribution < 1.29 is 0 Å². The fraction of sp³-hybridized carbons (Fsp3) is 0. The van der Waals surface area contributed by atoms with E-state index in [1.807, 2.05) is 0 Å². The van der Waals surface area contributed by atoms with Crippen LogP contribution in [0, 0.1) is 0 Å². The number of rotatable bonds is 14. The predicted molar refractivity (Wildman–Crippen MR) is 610 cm³/mol. The summed E-state index contributed by atoms with van der Waals surface area (Å²) in [5.41, 5.74) is 33.5. The van der Waals surface area contributed by atoms with Crippen molar-refractivity contribution in [2.45, 2.75) is 0 Å². The molecule has 0 unspecified atom stereocenters. The zero-order valence-electron chi connectivity index (χ0n) is 78.6. The Morgan fingerprint density at radius 1 is 0.0972 bits per heavy atom. The normalized spacial score (nSPS) is 11.6. The van der Waals surface area contributed by atoms with Crippen LogP contribution in [0.1, 0.15) is 0 Å². The Bertz CT molecular complexity index is 9190. The molecule has 0 aliphatic heterocycles. The van der Waals surface area contributed by atoms with Gasteiger partial charge in [-0.3, -0.25) is 0 Å². The Labute approximate surface area is 833 Å². The predicted octanol–water partition coefficient (Wildman–Crippen LogP) is 38.1. The van der Waals surface area contributed by atoms with Gasteiger partial charge in [0, 0.05) is 44.5 Å². The molecule has 28 aromatic rings. The molecule has 0 radical (unpaired) electrons. The SMILES string of the molecule is c1ccc(-c2ccccc2-c2ccc(-c3ccccc3-c3ccccc3)c3nc(-c4ccc(-c5c6ccccc6cc6ccccc56)cc4)c(-c4ccc(-c5c6ccccc6cc6ccccc56)cc4)nc23)cc1.c1ccc2c(-c3ccc(-c4cccc5ccccc45)c4nc(-c5ccc(-c6c7ccccc7cc7ccccc67)cc5)c(-c5ccc(-c6c7ccccc7cc7ccccc67)cc5)nc34)cccc2c1. The van der Waals surface area contributed by atoms with Gasteiger partial charge in [-0.1, -0.05) is 510 Å². The van der Waals surface area contributed by atoms with Crippen molar-refractivity contribution in [2.24, 2.45) is 0 Å². The van der Waals surface area contributed by atoms with Crippen molar-refractivity contribution in [3.8, 4) is 156 Å². The highest BCUT2D eigenvalue weighted by Gasteiger charge is 2.27. The van der Waals surface area contributed by atoms with Crippen LogP contribution < -0.4 is 0 Å². The molecular weight excluding hydrogens is 1740 g/mol. The molecule has 144 heavy (non-hydrogen) atoms. The zero-order valence-corrected chi connectivity index (χ0v) is 78.6. The van der Waals surface area contributed by atoms with Gasteiger partial charge < -0.3 is 0 Å². The largest absolute Gasteiger partial charge is 0.243 e. The van der Waals surface area contributed by atoms with Gasteiger partial charge in [-0.05, 0) is 221 Å². The average Bonchev–Trinajstić information content (AvgIpc) is 0.730.